The lowest BCUT2D eigenvalue weighted by atomic mass is 10.1. The molecule has 0 aliphatic heterocycles. The second-order valence-electron chi connectivity index (χ2n) is 6.04. The van der Waals surface area contributed by atoms with Gasteiger partial charge in [-0.15, -0.1) is 0 Å². The van der Waals surface area contributed by atoms with Gasteiger partial charge in [0, 0.05) is 30.2 Å². The van der Waals surface area contributed by atoms with Crippen molar-refractivity contribution < 1.29 is 4.79 Å². The minimum absolute atomic E-state index is 0.0327. The quantitative estimate of drug-likeness (QED) is 0.532. The molecule has 0 bridgehead atoms. The fraction of sp³-hybridized carbons (Fsp3) is 0.300. The minimum atomic E-state index is 0.0327. The Kier molecular flexibility index (Phi) is 7.66. The molecule has 26 heavy (non-hydrogen) atoms. The van der Waals surface area contributed by atoms with E-state index in [1.807, 2.05) is 42.5 Å². The summed E-state index contributed by atoms with van der Waals surface area (Å²) in [5.74, 6) is 0.352. The molecule has 0 spiro atoms. The van der Waals surface area contributed by atoms with Gasteiger partial charge in [0.2, 0.25) is 5.91 Å². The number of carbonyl (C=O) groups excluding carboxylic acids is 1. The van der Waals surface area contributed by atoms with Crippen molar-refractivity contribution >= 4 is 33.5 Å². The summed E-state index contributed by atoms with van der Waals surface area (Å²) in [7, 11) is 1.79. The highest BCUT2D eigenvalue weighted by atomic mass is 79.9. The maximum absolute atomic E-state index is 12.3. The molecule has 0 aliphatic rings. The fourth-order valence-electron chi connectivity index (χ4n) is 2.49. The number of aryl methyl sites for hydroxylation is 1. The molecule has 5 nitrogen and oxygen atoms in total. The summed E-state index contributed by atoms with van der Waals surface area (Å²) >= 11 is 3.50. The Morgan fingerprint density at radius 3 is 2.73 bits per heavy atom. The smallest absolute Gasteiger partial charge is 0.224 e. The van der Waals surface area contributed by atoms with Crippen LogP contribution in [0.4, 0.5) is 5.69 Å². The van der Waals surface area contributed by atoms with Gasteiger partial charge in [-0.1, -0.05) is 53.2 Å². The van der Waals surface area contributed by atoms with Crippen molar-refractivity contribution in [3.8, 4) is 0 Å². The molecule has 0 aromatic heterocycles. The number of benzene rings is 2. The number of hydrogen-bond acceptors (Lipinski definition) is 2. The zero-order valence-electron chi connectivity index (χ0n) is 15.2. The number of halogens is 1. The Labute approximate surface area is 163 Å². The first-order chi connectivity index (χ1) is 12.5. The Balaban J connectivity index is 1.82. The van der Waals surface area contributed by atoms with Gasteiger partial charge in [-0.2, -0.15) is 0 Å². The predicted molar refractivity (Wildman–Crippen MR) is 111 cm³/mol. The van der Waals surface area contributed by atoms with E-state index in [4.69, 9.17) is 5.73 Å². The molecule has 138 valence electrons. The number of guanidine groups is 1. The zero-order valence-corrected chi connectivity index (χ0v) is 16.8. The largest absolute Gasteiger partial charge is 0.370 e. The number of aliphatic imine (C=N–C) groups is 1. The van der Waals surface area contributed by atoms with Crippen LogP contribution in [0, 0.1) is 0 Å². The van der Waals surface area contributed by atoms with Gasteiger partial charge in [-0.05, 0) is 35.7 Å². The van der Waals surface area contributed by atoms with Crippen LogP contribution in [0.2, 0.25) is 0 Å². The molecule has 3 N–H and O–H groups in total. The Morgan fingerprint density at radius 1 is 1.23 bits per heavy atom. The minimum Gasteiger partial charge on any atom is -0.370 e. The second kappa shape index (κ2) is 9.97. The van der Waals surface area contributed by atoms with Gasteiger partial charge < -0.3 is 16.0 Å². The summed E-state index contributed by atoms with van der Waals surface area (Å²) in [4.78, 5) is 18.2. The maximum Gasteiger partial charge on any atom is 0.224 e. The Hall–Kier alpha value is -2.34. The summed E-state index contributed by atoms with van der Waals surface area (Å²) in [5.41, 5.74) is 9.12. The monoisotopic (exact) mass is 416 g/mol. The van der Waals surface area contributed by atoms with Crippen LogP contribution in [0.25, 0.3) is 0 Å². The van der Waals surface area contributed by atoms with Gasteiger partial charge in [0.25, 0.3) is 0 Å². The zero-order chi connectivity index (χ0) is 18.9. The highest BCUT2D eigenvalue weighted by Gasteiger charge is 2.10. The first-order valence-corrected chi connectivity index (χ1v) is 9.42. The number of amides is 1. The van der Waals surface area contributed by atoms with E-state index in [0.29, 0.717) is 25.5 Å². The molecule has 2 rings (SSSR count). The Morgan fingerprint density at radius 2 is 2.00 bits per heavy atom. The number of rotatable bonds is 7. The van der Waals surface area contributed by atoms with Crippen LogP contribution < -0.4 is 11.1 Å². The highest BCUT2D eigenvalue weighted by Crippen LogP contribution is 2.17. The number of nitrogens with one attached hydrogen (secondary N) is 1. The molecule has 0 fully saturated rings. The van der Waals surface area contributed by atoms with Gasteiger partial charge in [0.05, 0.1) is 6.54 Å². The highest BCUT2D eigenvalue weighted by molar-refractivity contribution is 9.10. The normalized spacial score (nSPS) is 11.3. The average molecular weight is 417 g/mol. The molecular formula is C20H25BrN4O. The van der Waals surface area contributed by atoms with Crippen molar-refractivity contribution in [1.82, 2.24) is 4.90 Å². The standard InChI is InChI=1S/C20H25BrN4O/c1-3-15-7-6-9-17(13-15)24-20(22)23-12-11-19(26)25(2)14-16-8-4-5-10-18(16)21/h4-10,13H,3,11-12,14H2,1-2H3,(H3,22,23,24). The molecule has 0 heterocycles. The molecule has 0 saturated heterocycles. The molecular weight excluding hydrogens is 392 g/mol. The van der Waals surface area contributed by atoms with E-state index in [9.17, 15) is 4.79 Å². The molecule has 1 amide bonds. The van der Waals surface area contributed by atoms with E-state index in [-0.39, 0.29) is 5.91 Å². The third kappa shape index (κ3) is 6.19. The SMILES string of the molecule is CCc1cccc(NC(N)=NCCC(=O)N(C)Cc2ccccc2Br)c1. The number of anilines is 1. The van der Waals surface area contributed by atoms with E-state index in [0.717, 1.165) is 22.1 Å². The maximum atomic E-state index is 12.3. The lowest BCUT2D eigenvalue weighted by molar-refractivity contribution is -0.130. The summed E-state index contributed by atoms with van der Waals surface area (Å²) < 4.78 is 1.00. The first kappa shape index (κ1) is 20.0. The van der Waals surface area contributed by atoms with Crippen molar-refractivity contribution in [2.75, 3.05) is 18.9 Å². The summed E-state index contributed by atoms with van der Waals surface area (Å²) in [5, 5.41) is 3.06. The fourth-order valence-corrected chi connectivity index (χ4v) is 2.90. The summed E-state index contributed by atoms with van der Waals surface area (Å²) in [6.45, 7) is 3.01. The van der Waals surface area contributed by atoms with Crippen molar-refractivity contribution in [1.29, 1.82) is 0 Å². The third-order valence-corrected chi connectivity index (χ3v) is 4.78. The molecule has 0 saturated carbocycles. The molecule has 2 aromatic rings. The van der Waals surface area contributed by atoms with Gasteiger partial charge in [0.1, 0.15) is 0 Å². The lowest BCUT2D eigenvalue weighted by Gasteiger charge is -2.17. The van der Waals surface area contributed by atoms with Gasteiger partial charge in [-0.3, -0.25) is 9.79 Å². The van der Waals surface area contributed by atoms with Crippen molar-refractivity contribution in [3.05, 3.63) is 64.1 Å². The second-order valence-corrected chi connectivity index (χ2v) is 6.89. The van der Waals surface area contributed by atoms with E-state index in [1.54, 1.807) is 11.9 Å². The lowest BCUT2D eigenvalue weighted by Crippen LogP contribution is -2.28. The van der Waals surface area contributed by atoms with Crippen molar-refractivity contribution in [2.45, 2.75) is 26.3 Å². The van der Waals surface area contributed by atoms with Crippen LogP contribution in [0.1, 0.15) is 24.5 Å². The topological polar surface area (TPSA) is 70.7 Å². The van der Waals surface area contributed by atoms with Gasteiger partial charge in [0.15, 0.2) is 5.96 Å². The summed E-state index contributed by atoms with van der Waals surface area (Å²) in [6.07, 6.45) is 1.28. The van der Waals surface area contributed by atoms with Crippen LogP contribution >= 0.6 is 15.9 Å². The molecule has 2 aromatic carbocycles. The van der Waals surface area contributed by atoms with Crippen LogP contribution in [0.15, 0.2) is 58.0 Å². The number of nitrogens with zero attached hydrogens (tertiary/aromatic N) is 2. The van der Waals surface area contributed by atoms with E-state index in [1.165, 1.54) is 5.56 Å². The number of hydrogen-bond donors (Lipinski definition) is 2. The van der Waals surface area contributed by atoms with Crippen LogP contribution in [0.5, 0.6) is 0 Å². The van der Waals surface area contributed by atoms with Crippen LogP contribution in [-0.4, -0.2) is 30.4 Å². The van der Waals surface area contributed by atoms with Crippen molar-refractivity contribution in [2.24, 2.45) is 10.7 Å². The summed E-state index contributed by atoms with van der Waals surface area (Å²) in [6, 6.07) is 15.9. The molecule has 6 heteroatoms. The van der Waals surface area contributed by atoms with Crippen LogP contribution in [-0.2, 0) is 17.8 Å². The van der Waals surface area contributed by atoms with Gasteiger partial charge in [-0.25, -0.2) is 0 Å². The molecule has 0 radical (unpaired) electrons. The number of carbonyl (C=O) groups is 1. The molecule has 0 aliphatic carbocycles. The molecule has 0 unspecified atom stereocenters. The van der Waals surface area contributed by atoms with Crippen LogP contribution in [0.3, 0.4) is 0 Å². The number of nitrogens with two attached hydrogens (primary N) is 1. The predicted octanol–water partition coefficient (Wildman–Crippen LogP) is 3.79. The van der Waals surface area contributed by atoms with Crippen molar-refractivity contribution in [3.63, 3.8) is 0 Å². The third-order valence-electron chi connectivity index (χ3n) is 4.01. The molecule has 0 atom stereocenters. The van der Waals surface area contributed by atoms with E-state index >= 15 is 0 Å². The first-order valence-electron chi connectivity index (χ1n) is 8.63. The average Bonchev–Trinajstić information content (AvgIpc) is 2.63. The van der Waals surface area contributed by atoms with E-state index in [2.05, 4.69) is 39.2 Å². The van der Waals surface area contributed by atoms with E-state index < -0.39 is 0 Å². The van der Waals surface area contributed by atoms with Gasteiger partial charge >= 0.3 is 0 Å². The Bertz CT molecular complexity index is 776.